The van der Waals surface area contributed by atoms with Crippen LogP contribution in [0, 0.1) is 6.92 Å². The van der Waals surface area contributed by atoms with Gasteiger partial charge in [0.05, 0.1) is 16.8 Å². The minimum atomic E-state index is 0.601. The highest BCUT2D eigenvalue weighted by Gasteiger charge is 2.24. The second-order valence-electron chi connectivity index (χ2n) is 6.65. The number of nitrogens with zero attached hydrogens (tertiary/aromatic N) is 6. The lowest BCUT2D eigenvalue weighted by molar-refractivity contribution is 0.144. The first-order valence-electron chi connectivity index (χ1n) is 9.33. The van der Waals surface area contributed by atoms with Gasteiger partial charge in [-0.3, -0.25) is 4.98 Å². The van der Waals surface area contributed by atoms with Gasteiger partial charge in [0.15, 0.2) is 5.82 Å². The van der Waals surface area contributed by atoms with Crippen LogP contribution in [-0.4, -0.2) is 45.8 Å². The molecule has 1 aliphatic rings. The Kier molecular flexibility index (Phi) is 5.29. The van der Waals surface area contributed by atoms with E-state index in [4.69, 9.17) is 14.8 Å². The number of hydrogen-bond donors (Lipinski definition) is 0. The Hall–Kier alpha value is -2.87. The summed E-state index contributed by atoms with van der Waals surface area (Å²) in [5.41, 5.74) is 4.39. The van der Waals surface area contributed by atoms with E-state index in [1.54, 1.807) is 17.5 Å². The summed E-state index contributed by atoms with van der Waals surface area (Å²) in [4.78, 5) is 27.0. The molecule has 0 radical (unpaired) electrons. The van der Waals surface area contributed by atoms with Gasteiger partial charge in [-0.2, -0.15) is 0 Å². The van der Waals surface area contributed by atoms with Crippen LogP contribution in [0.15, 0.2) is 35.9 Å². The molecule has 0 spiro atoms. The molecular formula is C20H22N6OS. The smallest absolute Gasteiger partial charge is 0.156 e. The summed E-state index contributed by atoms with van der Waals surface area (Å²) in [5, 5.41) is 5.25. The summed E-state index contributed by atoms with van der Waals surface area (Å²) in [7, 11) is 2.02. The lowest BCUT2D eigenvalue weighted by atomic mass is 10.1. The van der Waals surface area contributed by atoms with Gasteiger partial charge < -0.3 is 9.74 Å². The molecule has 3 aromatic rings. The van der Waals surface area contributed by atoms with Crippen molar-refractivity contribution in [3.8, 4) is 21.1 Å². The number of aromatic nitrogens is 4. The SMILES string of the molecule is CCCO/N=C1\CCN(C)c2ncc(-c3sc(-c4cccnc4)nc3C)nc21. The molecule has 0 aliphatic carbocycles. The first-order chi connectivity index (χ1) is 13.7. The largest absolute Gasteiger partial charge is 0.396 e. The minimum Gasteiger partial charge on any atom is -0.396 e. The molecule has 4 rings (SSSR count). The van der Waals surface area contributed by atoms with Gasteiger partial charge >= 0.3 is 0 Å². The van der Waals surface area contributed by atoms with E-state index in [-0.39, 0.29) is 0 Å². The zero-order chi connectivity index (χ0) is 19.5. The average molecular weight is 395 g/mol. The third-order valence-corrected chi connectivity index (χ3v) is 5.71. The van der Waals surface area contributed by atoms with Crippen molar-refractivity contribution in [3.63, 3.8) is 0 Å². The van der Waals surface area contributed by atoms with E-state index in [2.05, 4.69) is 26.9 Å². The maximum atomic E-state index is 5.43. The molecular weight excluding hydrogens is 372 g/mol. The third-order valence-electron chi connectivity index (χ3n) is 4.48. The van der Waals surface area contributed by atoms with Gasteiger partial charge in [0, 0.05) is 38.0 Å². The highest BCUT2D eigenvalue weighted by molar-refractivity contribution is 7.18. The van der Waals surface area contributed by atoms with E-state index in [0.717, 1.165) is 63.4 Å². The molecule has 7 nitrogen and oxygen atoms in total. The molecule has 144 valence electrons. The van der Waals surface area contributed by atoms with Gasteiger partial charge in [0.2, 0.25) is 0 Å². The highest BCUT2D eigenvalue weighted by atomic mass is 32.1. The Morgan fingerprint density at radius 2 is 2.18 bits per heavy atom. The number of hydrogen-bond acceptors (Lipinski definition) is 8. The predicted molar refractivity (Wildman–Crippen MR) is 112 cm³/mol. The molecule has 28 heavy (non-hydrogen) atoms. The van der Waals surface area contributed by atoms with Crippen molar-refractivity contribution in [3.05, 3.63) is 42.1 Å². The first kappa shape index (κ1) is 18.5. The van der Waals surface area contributed by atoms with E-state index in [9.17, 15) is 0 Å². The number of thiazole rings is 1. The van der Waals surface area contributed by atoms with Crippen molar-refractivity contribution in [1.82, 2.24) is 19.9 Å². The van der Waals surface area contributed by atoms with E-state index in [1.807, 2.05) is 38.5 Å². The number of rotatable bonds is 5. The topological polar surface area (TPSA) is 76.4 Å². The van der Waals surface area contributed by atoms with Gasteiger partial charge in [0.25, 0.3) is 0 Å². The molecule has 0 bridgehead atoms. The number of aryl methyl sites for hydroxylation is 1. The van der Waals surface area contributed by atoms with E-state index < -0.39 is 0 Å². The zero-order valence-corrected chi connectivity index (χ0v) is 17.0. The van der Waals surface area contributed by atoms with Crippen LogP contribution in [0.4, 0.5) is 5.82 Å². The van der Waals surface area contributed by atoms with Gasteiger partial charge in [-0.15, -0.1) is 11.3 Å². The molecule has 3 aromatic heterocycles. The maximum Gasteiger partial charge on any atom is 0.156 e. The number of oxime groups is 1. The fraction of sp³-hybridized carbons (Fsp3) is 0.350. The van der Waals surface area contributed by atoms with Crippen molar-refractivity contribution in [2.24, 2.45) is 5.16 Å². The molecule has 0 atom stereocenters. The number of anilines is 1. The fourth-order valence-corrected chi connectivity index (χ4v) is 4.02. The summed E-state index contributed by atoms with van der Waals surface area (Å²) >= 11 is 1.60. The molecule has 0 N–H and O–H groups in total. The normalized spacial score (nSPS) is 15.0. The molecule has 0 amide bonds. The standard InChI is InChI=1S/C20H22N6OS/c1-4-10-27-25-15-7-9-26(3)19-17(15)24-16(12-22-19)18-13(2)23-20(28-18)14-6-5-8-21-11-14/h5-6,8,11-12H,4,7,9-10H2,1-3H3/b25-15+. The highest BCUT2D eigenvalue weighted by Crippen LogP contribution is 2.35. The summed E-state index contributed by atoms with van der Waals surface area (Å²) in [6.45, 7) is 5.51. The van der Waals surface area contributed by atoms with Crippen molar-refractivity contribution in [1.29, 1.82) is 0 Å². The van der Waals surface area contributed by atoms with Crippen LogP contribution in [0.3, 0.4) is 0 Å². The lowest BCUT2D eigenvalue weighted by Crippen LogP contribution is -2.31. The molecule has 0 saturated carbocycles. The van der Waals surface area contributed by atoms with E-state index in [0.29, 0.717) is 6.61 Å². The van der Waals surface area contributed by atoms with Gasteiger partial charge in [-0.05, 0) is 25.5 Å². The summed E-state index contributed by atoms with van der Waals surface area (Å²) in [6.07, 6.45) is 7.11. The second-order valence-corrected chi connectivity index (χ2v) is 7.64. The Morgan fingerprint density at radius 3 is 2.96 bits per heavy atom. The molecule has 4 heterocycles. The average Bonchev–Trinajstić information content (AvgIpc) is 3.12. The van der Waals surface area contributed by atoms with Crippen LogP contribution in [0.2, 0.25) is 0 Å². The van der Waals surface area contributed by atoms with Crippen molar-refractivity contribution < 1.29 is 4.84 Å². The van der Waals surface area contributed by atoms with Gasteiger partial charge in [-0.1, -0.05) is 12.1 Å². The lowest BCUT2D eigenvalue weighted by Gasteiger charge is -2.26. The Bertz CT molecular complexity index is 1000. The summed E-state index contributed by atoms with van der Waals surface area (Å²) < 4.78 is 0. The Balaban J connectivity index is 1.73. The second kappa shape index (κ2) is 8.02. The monoisotopic (exact) mass is 394 g/mol. The summed E-state index contributed by atoms with van der Waals surface area (Å²) in [6, 6.07) is 3.93. The van der Waals surface area contributed by atoms with Gasteiger partial charge in [0.1, 0.15) is 28.7 Å². The molecule has 0 fully saturated rings. The molecule has 0 aromatic carbocycles. The quantitative estimate of drug-likeness (QED) is 0.482. The van der Waals surface area contributed by atoms with E-state index in [1.165, 1.54) is 0 Å². The number of fused-ring (bicyclic) bond motifs is 1. The predicted octanol–water partition coefficient (Wildman–Crippen LogP) is 3.94. The Labute approximate surface area is 168 Å². The van der Waals surface area contributed by atoms with Crippen LogP contribution in [-0.2, 0) is 4.84 Å². The van der Waals surface area contributed by atoms with Crippen LogP contribution in [0.5, 0.6) is 0 Å². The van der Waals surface area contributed by atoms with Crippen molar-refractivity contribution in [2.45, 2.75) is 26.7 Å². The Morgan fingerprint density at radius 1 is 1.29 bits per heavy atom. The third kappa shape index (κ3) is 3.60. The molecule has 0 unspecified atom stereocenters. The molecule has 8 heteroatoms. The number of pyridine rings is 1. The minimum absolute atomic E-state index is 0.601. The summed E-state index contributed by atoms with van der Waals surface area (Å²) in [5.74, 6) is 0.837. The maximum absolute atomic E-state index is 5.43. The molecule has 0 saturated heterocycles. The first-order valence-corrected chi connectivity index (χ1v) is 10.1. The van der Waals surface area contributed by atoms with Crippen molar-refractivity contribution >= 4 is 22.9 Å². The molecule has 1 aliphatic heterocycles. The van der Waals surface area contributed by atoms with Crippen LogP contribution < -0.4 is 4.90 Å². The van der Waals surface area contributed by atoms with Crippen molar-refractivity contribution in [2.75, 3.05) is 25.1 Å². The van der Waals surface area contributed by atoms with Crippen LogP contribution in [0.25, 0.3) is 21.1 Å². The van der Waals surface area contributed by atoms with Crippen LogP contribution in [0.1, 0.15) is 31.2 Å². The zero-order valence-electron chi connectivity index (χ0n) is 16.2. The van der Waals surface area contributed by atoms with E-state index >= 15 is 0 Å². The van der Waals surface area contributed by atoms with Crippen LogP contribution >= 0.6 is 11.3 Å². The van der Waals surface area contributed by atoms with Gasteiger partial charge in [-0.25, -0.2) is 15.0 Å². The fourth-order valence-electron chi connectivity index (χ4n) is 3.01.